The van der Waals surface area contributed by atoms with E-state index in [0.717, 1.165) is 31.9 Å². The van der Waals surface area contributed by atoms with Crippen LogP contribution >= 0.6 is 0 Å². The number of fused-ring (bicyclic) bond motifs is 1. The molecule has 0 radical (unpaired) electrons. The largest absolute Gasteiger partial charge is 0.356 e. The first kappa shape index (κ1) is 18.7. The minimum atomic E-state index is -3.09. The summed E-state index contributed by atoms with van der Waals surface area (Å²) in [5, 5.41) is 3.35. The number of guanidine groups is 1. The highest BCUT2D eigenvalue weighted by atomic mass is 32.2. The monoisotopic (exact) mass is 352 g/mol. The van der Waals surface area contributed by atoms with Crippen molar-refractivity contribution in [3.63, 3.8) is 0 Å². The number of hydrogen-bond acceptors (Lipinski definition) is 3. The van der Waals surface area contributed by atoms with Gasteiger partial charge >= 0.3 is 0 Å². The second kappa shape index (κ2) is 8.48. The summed E-state index contributed by atoms with van der Waals surface area (Å²) in [4.78, 5) is 6.61. The Balaban J connectivity index is 1.82. The molecule has 0 aliphatic carbocycles. The smallest absolute Gasteiger partial charge is 0.213 e. The topological polar surface area (TPSA) is 65.0 Å². The maximum atomic E-state index is 11.7. The maximum Gasteiger partial charge on any atom is 0.213 e. The van der Waals surface area contributed by atoms with E-state index in [1.807, 2.05) is 0 Å². The zero-order chi connectivity index (χ0) is 17.6. The van der Waals surface area contributed by atoms with Crippen molar-refractivity contribution in [3.8, 4) is 0 Å². The van der Waals surface area contributed by atoms with E-state index < -0.39 is 10.0 Å². The Morgan fingerprint density at radius 2 is 2.04 bits per heavy atom. The first-order chi connectivity index (χ1) is 11.5. The molecule has 1 aliphatic heterocycles. The van der Waals surface area contributed by atoms with Crippen LogP contribution in [0.4, 0.5) is 0 Å². The number of hydrogen-bond donors (Lipinski definition) is 1. The lowest BCUT2D eigenvalue weighted by Crippen LogP contribution is -2.44. The molecule has 6 nitrogen and oxygen atoms in total. The first-order valence-electron chi connectivity index (χ1n) is 8.44. The molecular weight excluding hydrogens is 324 g/mol. The van der Waals surface area contributed by atoms with Crippen molar-refractivity contribution in [2.24, 2.45) is 4.99 Å². The molecule has 2 rings (SSSR count). The number of rotatable bonds is 6. The molecule has 0 aromatic heterocycles. The fourth-order valence-electron chi connectivity index (χ4n) is 2.87. The van der Waals surface area contributed by atoms with Crippen molar-refractivity contribution in [1.82, 2.24) is 14.5 Å². The van der Waals surface area contributed by atoms with Crippen LogP contribution in [0.15, 0.2) is 29.3 Å². The van der Waals surface area contributed by atoms with Crippen molar-refractivity contribution in [3.05, 3.63) is 35.4 Å². The second-order valence-electron chi connectivity index (χ2n) is 5.99. The van der Waals surface area contributed by atoms with Gasteiger partial charge in [0.15, 0.2) is 5.96 Å². The van der Waals surface area contributed by atoms with Gasteiger partial charge in [-0.05, 0) is 30.9 Å². The lowest BCUT2D eigenvalue weighted by molar-refractivity contribution is 0.377. The molecule has 1 N–H and O–H groups in total. The Morgan fingerprint density at radius 3 is 2.71 bits per heavy atom. The van der Waals surface area contributed by atoms with Crippen LogP contribution in [0.5, 0.6) is 0 Å². The predicted molar refractivity (Wildman–Crippen MR) is 98.6 cm³/mol. The quantitative estimate of drug-likeness (QED) is 0.476. The van der Waals surface area contributed by atoms with Crippen LogP contribution in [0, 0.1) is 0 Å². The van der Waals surface area contributed by atoms with Crippen LogP contribution in [0.2, 0.25) is 0 Å². The van der Waals surface area contributed by atoms with Gasteiger partial charge < -0.3 is 10.2 Å². The number of nitrogens with one attached hydrogen (secondary N) is 1. The molecule has 0 saturated carbocycles. The number of benzene rings is 1. The summed E-state index contributed by atoms with van der Waals surface area (Å²) in [6.45, 7) is 4.69. The van der Waals surface area contributed by atoms with E-state index in [2.05, 4.69) is 39.5 Å². The Bertz CT molecular complexity index is 673. The molecule has 0 bridgehead atoms. The molecule has 0 amide bonds. The van der Waals surface area contributed by atoms with Gasteiger partial charge in [0, 0.05) is 40.3 Å². The highest BCUT2D eigenvalue weighted by molar-refractivity contribution is 7.89. The van der Waals surface area contributed by atoms with Gasteiger partial charge in [-0.15, -0.1) is 0 Å². The van der Waals surface area contributed by atoms with E-state index >= 15 is 0 Å². The lowest BCUT2D eigenvalue weighted by Gasteiger charge is -2.31. The molecule has 1 aromatic carbocycles. The lowest BCUT2D eigenvalue weighted by atomic mass is 10.0. The summed E-state index contributed by atoms with van der Waals surface area (Å²) in [5.41, 5.74) is 2.76. The highest BCUT2D eigenvalue weighted by Gasteiger charge is 2.19. The van der Waals surface area contributed by atoms with Gasteiger partial charge in [0.2, 0.25) is 10.0 Å². The van der Waals surface area contributed by atoms with Crippen LogP contribution in [-0.4, -0.2) is 63.1 Å². The summed E-state index contributed by atoms with van der Waals surface area (Å²) in [6, 6.07) is 8.51. The summed E-state index contributed by atoms with van der Waals surface area (Å²) >= 11 is 0. The van der Waals surface area contributed by atoms with Gasteiger partial charge in [-0.25, -0.2) is 12.7 Å². The van der Waals surface area contributed by atoms with Crippen molar-refractivity contribution in [2.75, 3.05) is 39.5 Å². The van der Waals surface area contributed by atoms with E-state index in [4.69, 9.17) is 0 Å². The molecule has 0 unspecified atom stereocenters. The molecule has 0 spiro atoms. The number of nitrogens with zero attached hydrogens (tertiary/aromatic N) is 3. The van der Waals surface area contributed by atoms with Gasteiger partial charge in [-0.2, -0.15) is 0 Å². The van der Waals surface area contributed by atoms with E-state index in [1.54, 1.807) is 21.0 Å². The minimum absolute atomic E-state index is 0.145. The van der Waals surface area contributed by atoms with Gasteiger partial charge in [0.1, 0.15) is 0 Å². The molecular formula is C17H28N4O2S. The molecule has 24 heavy (non-hydrogen) atoms. The standard InChI is InChI=1S/C17H28N4O2S/c1-4-24(22,23)20(3)12-7-11-19-17(18-2)21-13-10-15-8-5-6-9-16(15)14-21/h5-6,8-9H,4,7,10-14H2,1-3H3,(H,18,19). The maximum absolute atomic E-state index is 11.7. The number of sulfonamides is 1. The molecule has 0 atom stereocenters. The molecule has 134 valence electrons. The number of aliphatic imine (C=N–C) groups is 1. The molecule has 1 heterocycles. The SMILES string of the molecule is CCS(=O)(=O)N(C)CCCNC(=NC)N1CCc2ccccc2C1. The van der Waals surface area contributed by atoms with E-state index in [-0.39, 0.29) is 5.75 Å². The Morgan fingerprint density at radius 1 is 1.33 bits per heavy atom. The van der Waals surface area contributed by atoms with Crippen molar-refractivity contribution >= 4 is 16.0 Å². The van der Waals surface area contributed by atoms with E-state index in [9.17, 15) is 8.42 Å². The summed E-state index contributed by atoms with van der Waals surface area (Å²) in [7, 11) is 0.329. The third-order valence-corrected chi connectivity index (χ3v) is 6.28. The zero-order valence-corrected chi connectivity index (χ0v) is 15.6. The Kier molecular flexibility index (Phi) is 6.62. The van der Waals surface area contributed by atoms with Crippen molar-refractivity contribution in [2.45, 2.75) is 26.3 Å². The van der Waals surface area contributed by atoms with E-state index in [0.29, 0.717) is 13.1 Å². The Labute approximate surface area is 145 Å². The summed E-state index contributed by atoms with van der Waals surface area (Å²) in [6.07, 6.45) is 1.77. The average molecular weight is 353 g/mol. The average Bonchev–Trinajstić information content (AvgIpc) is 2.61. The van der Waals surface area contributed by atoms with Crippen molar-refractivity contribution in [1.29, 1.82) is 0 Å². The van der Waals surface area contributed by atoms with Gasteiger partial charge in [0.05, 0.1) is 5.75 Å². The minimum Gasteiger partial charge on any atom is -0.356 e. The van der Waals surface area contributed by atoms with Crippen LogP contribution in [0.3, 0.4) is 0 Å². The first-order valence-corrected chi connectivity index (χ1v) is 10.0. The van der Waals surface area contributed by atoms with Crippen LogP contribution < -0.4 is 5.32 Å². The summed E-state index contributed by atoms with van der Waals surface area (Å²) in [5.74, 6) is 1.02. The fraction of sp³-hybridized carbons (Fsp3) is 0.588. The third-order valence-electron chi connectivity index (χ3n) is 4.41. The highest BCUT2D eigenvalue weighted by Crippen LogP contribution is 2.18. The fourth-order valence-corrected chi connectivity index (χ4v) is 3.72. The second-order valence-corrected chi connectivity index (χ2v) is 8.35. The summed E-state index contributed by atoms with van der Waals surface area (Å²) < 4.78 is 24.9. The van der Waals surface area contributed by atoms with Crippen LogP contribution in [0.25, 0.3) is 0 Å². The van der Waals surface area contributed by atoms with Crippen LogP contribution in [-0.2, 0) is 23.0 Å². The van der Waals surface area contributed by atoms with Gasteiger partial charge in [-0.1, -0.05) is 24.3 Å². The molecule has 7 heteroatoms. The van der Waals surface area contributed by atoms with Gasteiger partial charge in [-0.3, -0.25) is 4.99 Å². The zero-order valence-electron chi connectivity index (χ0n) is 14.8. The third kappa shape index (κ3) is 4.70. The molecule has 0 saturated heterocycles. The van der Waals surface area contributed by atoms with Crippen LogP contribution in [0.1, 0.15) is 24.5 Å². The molecule has 1 aliphatic rings. The Hall–Kier alpha value is -1.60. The normalized spacial score (nSPS) is 15.5. The predicted octanol–water partition coefficient (Wildman–Crippen LogP) is 1.29. The molecule has 0 fully saturated rings. The van der Waals surface area contributed by atoms with E-state index in [1.165, 1.54) is 15.4 Å². The van der Waals surface area contributed by atoms with Gasteiger partial charge in [0.25, 0.3) is 0 Å². The van der Waals surface area contributed by atoms with Crippen molar-refractivity contribution < 1.29 is 8.42 Å². The molecule has 1 aromatic rings.